The molecule has 0 aliphatic rings. The van der Waals surface area contributed by atoms with Crippen molar-refractivity contribution in [2.75, 3.05) is 0 Å². The predicted molar refractivity (Wildman–Crippen MR) is 97.3 cm³/mol. The van der Waals surface area contributed by atoms with Gasteiger partial charge in [0.25, 0.3) is 0 Å². The Kier molecular flexibility index (Phi) is 4.02. The van der Waals surface area contributed by atoms with Crippen LogP contribution in [0.2, 0.25) is 0 Å². The number of aromatic nitrogens is 3. The number of halogens is 1. The van der Waals surface area contributed by atoms with Crippen LogP contribution in [0.25, 0.3) is 33.3 Å². The Morgan fingerprint density at radius 2 is 1.96 bits per heavy atom. The van der Waals surface area contributed by atoms with Crippen molar-refractivity contribution in [2.45, 2.75) is 6.54 Å². The third-order valence-electron chi connectivity index (χ3n) is 4.31. The molecule has 0 atom stereocenters. The van der Waals surface area contributed by atoms with Crippen molar-refractivity contribution < 1.29 is 9.18 Å². The number of nitrogens with zero attached hydrogens (tertiary/aromatic N) is 3. The van der Waals surface area contributed by atoms with E-state index >= 15 is 0 Å². The first-order valence-electron chi connectivity index (χ1n) is 8.01. The molecule has 0 spiro atoms. The number of nitrogens with two attached hydrogens (primary N) is 1. The molecule has 0 amide bonds. The number of hydrogen-bond donors (Lipinski definition) is 1. The van der Waals surface area contributed by atoms with Crippen LogP contribution in [0.1, 0.15) is 5.56 Å². The quantitative estimate of drug-likeness (QED) is 0.616. The summed E-state index contributed by atoms with van der Waals surface area (Å²) >= 11 is 0. The summed E-state index contributed by atoms with van der Waals surface area (Å²) in [5.41, 5.74) is 10.1. The normalized spacial score (nSPS) is 11.0. The highest BCUT2D eigenvalue weighted by Crippen LogP contribution is 2.32. The van der Waals surface area contributed by atoms with Gasteiger partial charge in [-0.3, -0.25) is 9.78 Å². The van der Waals surface area contributed by atoms with Gasteiger partial charge in [0.05, 0.1) is 17.4 Å². The molecule has 2 heterocycles. The third kappa shape index (κ3) is 2.66. The van der Waals surface area contributed by atoms with Crippen LogP contribution in [0.3, 0.4) is 0 Å². The second-order valence-corrected chi connectivity index (χ2v) is 5.83. The molecular formula is C20H14FN4O. The van der Waals surface area contributed by atoms with Crippen LogP contribution in [0, 0.1) is 5.82 Å². The fraction of sp³-hybridized carbons (Fsp3) is 0.0500. The van der Waals surface area contributed by atoms with E-state index in [0.29, 0.717) is 11.1 Å². The average molecular weight is 345 g/mol. The van der Waals surface area contributed by atoms with E-state index in [1.807, 2.05) is 30.3 Å². The van der Waals surface area contributed by atoms with Crippen LogP contribution < -0.4 is 5.73 Å². The maximum Gasteiger partial charge on any atom is 0.339 e. The maximum atomic E-state index is 13.8. The molecule has 26 heavy (non-hydrogen) atoms. The monoisotopic (exact) mass is 345 g/mol. The van der Waals surface area contributed by atoms with Gasteiger partial charge in [-0.25, -0.2) is 4.39 Å². The highest BCUT2D eigenvalue weighted by atomic mass is 19.1. The van der Waals surface area contributed by atoms with E-state index in [9.17, 15) is 9.18 Å². The third-order valence-corrected chi connectivity index (χ3v) is 4.31. The number of carbonyl (C=O) groups excluding carboxylic acids is 1. The molecule has 0 aliphatic heterocycles. The van der Waals surface area contributed by atoms with Gasteiger partial charge < -0.3 is 5.73 Å². The first-order valence-corrected chi connectivity index (χ1v) is 8.01. The topological polar surface area (TPSA) is 73.8 Å². The second kappa shape index (κ2) is 6.50. The molecular weight excluding hydrogens is 331 g/mol. The van der Waals surface area contributed by atoms with Gasteiger partial charge in [0, 0.05) is 34.8 Å². The second-order valence-electron chi connectivity index (χ2n) is 5.83. The minimum absolute atomic E-state index is 0.120. The van der Waals surface area contributed by atoms with E-state index in [1.54, 1.807) is 30.9 Å². The van der Waals surface area contributed by atoms with E-state index < -0.39 is 0 Å². The Labute approximate surface area is 148 Å². The SMILES string of the molecule is NCc1cc(-c2ncccc2-c2ccc3c(cnn3[C]=O)c2)ccc1F. The summed E-state index contributed by atoms with van der Waals surface area (Å²) in [6.07, 6.45) is 5.07. The molecule has 0 saturated carbocycles. The van der Waals surface area contributed by atoms with Crippen LogP contribution in [0.4, 0.5) is 4.39 Å². The van der Waals surface area contributed by atoms with E-state index in [1.165, 1.54) is 6.07 Å². The summed E-state index contributed by atoms with van der Waals surface area (Å²) < 4.78 is 14.9. The van der Waals surface area contributed by atoms with E-state index in [2.05, 4.69) is 10.1 Å². The fourth-order valence-corrected chi connectivity index (χ4v) is 3.02. The lowest BCUT2D eigenvalue weighted by atomic mass is 9.97. The van der Waals surface area contributed by atoms with Crippen LogP contribution >= 0.6 is 0 Å². The lowest BCUT2D eigenvalue weighted by Gasteiger charge is -2.11. The predicted octanol–water partition coefficient (Wildman–Crippen LogP) is 3.28. The van der Waals surface area contributed by atoms with Crippen molar-refractivity contribution in [2.24, 2.45) is 5.73 Å². The smallest absolute Gasteiger partial charge is 0.326 e. The van der Waals surface area contributed by atoms with Gasteiger partial charge in [0.15, 0.2) is 0 Å². The van der Waals surface area contributed by atoms with Crippen LogP contribution in [0.15, 0.2) is 60.9 Å². The summed E-state index contributed by atoms with van der Waals surface area (Å²) in [4.78, 5) is 15.4. The summed E-state index contributed by atoms with van der Waals surface area (Å²) in [6.45, 7) is 0.120. The minimum atomic E-state index is -0.326. The summed E-state index contributed by atoms with van der Waals surface area (Å²) in [5, 5.41) is 4.81. The molecule has 127 valence electrons. The van der Waals surface area contributed by atoms with Crippen LogP contribution in [-0.2, 0) is 11.3 Å². The van der Waals surface area contributed by atoms with Crippen molar-refractivity contribution >= 4 is 17.3 Å². The zero-order chi connectivity index (χ0) is 18.1. The molecule has 0 saturated heterocycles. The first kappa shape index (κ1) is 16.1. The molecule has 2 N–H and O–H groups in total. The standard InChI is InChI=1S/C20H14FN4O/c21-18-5-3-14(9-15(18)10-22)20-17(2-1-7-23-20)13-4-6-19-16(8-13)11-24-25(19)12-26/h1-9,11H,10,22H2. The Bertz CT molecular complexity index is 1120. The highest BCUT2D eigenvalue weighted by Gasteiger charge is 2.12. The summed E-state index contributed by atoms with van der Waals surface area (Å²) in [5.74, 6) is -0.326. The lowest BCUT2D eigenvalue weighted by molar-refractivity contribution is 0.542. The number of fused-ring (bicyclic) bond motifs is 1. The number of benzene rings is 2. The summed E-state index contributed by atoms with van der Waals surface area (Å²) in [7, 11) is 0. The molecule has 5 nitrogen and oxygen atoms in total. The van der Waals surface area contributed by atoms with Gasteiger partial charge in [-0.2, -0.15) is 9.78 Å². The van der Waals surface area contributed by atoms with Crippen LogP contribution in [0.5, 0.6) is 0 Å². The Morgan fingerprint density at radius 3 is 2.77 bits per heavy atom. The zero-order valence-electron chi connectivity index (χ0n) is 13.7. The van der Waals surface area contributed by atoms with E-state index in [4.69, 9.17) is 5.73 Å². The fourth-order valence-electron chi connectivity index (χ4n) is 3.02. The average Bonchev–Trinajstić information content (AvgIpc) is 3.10. The van der Waals surface area contributed by atoms with Crippen molar-refractivity contribution in [3.8, 4) is 22.4 Å². The number of rotatable bonds is 4. The van der Waals surface area contributed by atoms with Gasteiger partial charge in [0.1, 0.15) is 5.82 Å². The highest BCUT2D eigenvalue weighted by molar-refractivity contribution is 5.90. The van der Waals surface area contributed by atoms with Crippen molar-refractivity contribution in [3.05, 3.63) is 72.3 Å². The molecule has 1 radical (unpaired) electrons. The Hall–Kier alpha value is -3.38. The number of hydrogen-bond acceptors (Lipinski definition) is 4. The molecule has 4 rings (SSSR count). The molecule has 6 heteroatoms. The van der Waals surface area contributed by atoms with Gasteiger partial charge in [-0.05, 0) is 42.0 Å². The van der Waals surface area contributed by atoms with Crippen molar-refractivity contribution in [3.63, 3.8) is 0 Å². The Balaban J connectivity index is 1.87. The zero-order valence-corrected chi connectivity index (χ0v) is 13.7. The van der Waals surface area contributed by atoms with Crippen molar-refractivity contribution in [1.29, 1.82) is 0 Å². The minimum Gasteiger partial charge on any atom is -0.326 e. The molecule has 0 aliphatic carbocycles. The van der Waals surface area contributed by atoms with E-state index in [0.717, 1.165) is 32.5 Å². The van der Waals surface area contributed by atoms with Gasteiger partial charge in [0.2, 0.25) is 0 Å². The molecule has 4 aromatic rings. The molecule has 0 fully saturated rings. The van der Waals surface area contributed by atoms with Crippen molar-refractivity contribution in [1.82, 2.24) is 14.8 Å². The van der Waals surface area contributed by atoms with Gasteiger partial charge in [-0.1, -0.05) is 12.1 Å². The lowest BCUT2D eigenvalue weighted by Crippen LogP contribution is -2.00. The molecule has 2 aromatic carbocycles. The van der Waals surface area contributed by atoms with Crippen LogP contribution in [-0.4, -0.2) is 21.2 Å². The molecule has 2 aromatic heterocycles. The largest absolute Gasteiger partial charge is 0.339 e. The van der Waals surface area contributed by atoms with E-state index in [-0.39, 0.29) is 12.4 Å². The van der Waals surface area contributed by atoms with Gasteiger partial charge >= 0.3 is 6.41 Å². The number of pyridine rings is 1. The maximum absolute atomic E-state index is 13.8. The van der Waals surface area contributed by atoms with Gasteiger partial charge in [-0.15, -0.1) is 0 Å². The Morgan fingerprint density at radius 1 is 1.12 bits per heavy atom. The molecule has 0 bridgehead atoms. The first-order chi connectivity index (χ1) is 12.7. The molecule has 0 unspecified atom stereocenters. The summed E-state index contributed by atoms with van der Waals surface area (Å²) in [6, 6.07) is 14.3.